The van der Waals surface area contributed by atoms with Crippen molar-refractivity contribution in [2.24, 2.45) is 0 Å². The third-order valence-corrected chi connectivity index (χ3v) is 3.56. The van der Waals surface area contributed by atoms with Gasteiger partial charge in [-0.15, -0.1) is 0 Å². The van der Waals surface area contributed by atoms with Gasteiger partial charge in [-0.3, -0.25) is 9.59 Å². The minimum Gasteiger partial charge on any atom is -0.484 e. The van der Waals surface area contributed by atoms with E-state index in [4.69, 9.17) is 9.84 Å². The van der Waals surface area contributed by atoms with Crippen LogP contribution < -0.4 is 4.74 Å². The van der Waals surface area contributed by atoms with E-state index >= 15 is 0 Å². The van der Waals surface area contributed by atoms with Gasteiger partial charge in [-0.25, -0.2) is 4.39 Å². The van der Waals surface area contributed by atoms with E-state index in [1.165, 1.54) is 24.3 Å². The lowest BCUT2D eigenvalue weighted by Gasteiger charge is -2.23. The van der Waals surface area contributed by atoms with E-state index in [0.717, 1.165) is 5.56 Å². The molecule has 0 heterocycles. The first-order chi connectivity index (χ1) is 12.0. The molecule has 2 rings (SSSR count). The van der Waals surface area contributed by atoms with Crippen LogP contribution >= 0.6 is 0 Å². The molecule has 1 N–H and O–H groups in total. The van der Waals surface area contributed by atoms with E-state index < -0.39 is 5.97 Å². The number of carboxylic acids is 1. The highest BCUT2D eigenvalue weighted by Crippen LogP contribution is 2.12. The Morgan fingerprint density at radius 3 is 2.36 bits per heavy atom. The van der Waals surface area contributed by atoms with E-state index in [1.54, 1.807) is 4.90 Å². The van der Waals surface area contributed by atoms with Gasteiger partial charge in [-0.1, -0.05) is 30.3 Å². The quantitative estimate of drug-likeness (QED) is 0.758. The van der Waals surface area contributed by atoms with Crippen LogP contribution in [0.5, 0.6) is 5.75 Å². The van der Waals surface area contributed by atoms with Crippen molar-refractivity contribution in [1.29, 1.82) is 0 Å². The Bertz CT molecular complexity index is 688. The molecule has 0 spiro atoms. The SMILES string of the molecule is O=C(O)CCCN(Cc1ccccc1)C(=O)COc1ccc(F)cc1. The Balaban J connectivity index is 1.95. The largest absolute Gasteiger partial charge is 0.484 e. The number of aliphatic carboxylic acids is 1. The number of carbonyl (C=O) groups is 2. The molecule has 25 heavy (non-hydrogen) atoms. The van der Waals surface area contributed by atoms with Crippen LogP contribution in [-0.2, 0) is 16.1 Å². The van der Waals surface area contributed by atoms with Gasteiger partial charge >= 0.3 is 5.97 Å². The number of ether oxygens (including phenoxy) is 1. The third kappa shape index (κ3) is 6.63. The number of carboxylic acid groups (broad SMARTS) is 1. The van der Waals surface area contributed by atoms with Gasteiger partial charge in [-0.05, 0) is 36.2 Å². The van der Waals surface area contributed by atoms with Crippen LogP contribution in [0.3, 0.4) is 0 Å². The maximum absolute atomic E-state index is 12.9. The highest BCUT2D eigenvalue weighted by Gasteiger charge is 2.15. The van der Waals surface area contributed by atoms with Crippen molar-refractivity contribution in [1.82, 2.24) is 4.90 Å². The van der Waals surface area contributed by atoms with E-state index in [2.05, 4.69) is 0 Å². The van der Waals surface area contributed by atoms with Gasteiger partial charge in [0.2, 0.25) is 0 Å². The van der Waals surface area contributed by atoms with Crippen molar-refractivity contribution in [2.45, 2.75) is 19.4 Å². The zero-order valence-electron chi connectivity index (χ0n) is 13.7. The highest BCUT2D eigenvalue weighted by atomic mass is 19.1. The number of hydrogen-bond acceptors (Lipinski definition) is 3. The van der Waals surface area contributed by atoms with Crippen LogP contribution in [0.25, 0.3) is 0 Å². The zero-order chi connectivity index (χ0) is 18.1. The number of halogens is 1. The summed E-state index contributed by atoms with van der Waals surface area (Å²) in [4.78, 5) is 24.7. The molecule has 5 nitrogen and oxygen atoms in total. The third-order valence-electron chi connectivity index (χ3n) is 3.56. The summed E-state index contributed by atoms with van der Waals surface area (Å²) < 4.78 is 18.3. The highest BCUT2D eigenvalue weighted by molar-refractivity contribution is 5.77. The van der Waals surface area contributed by atoms with Crippen LogP contribution in [0.2, 0.25) is 0 Å². The maximum Gasteiger partial charge on any atom is 0.303 e. The molecule has 1 amide bonds. The summed E-state index contributed by atoms with van der Waals surface area (Å²) in [6.07, 6.45) is 0.363. The monoisotopic (exact) mass is 345 g/mol. The summed E-state index contributed by atoms with van der Waals surface area (Å²) in [7, 11) is 0. The normalized spacial score (nSPS) is 10.3. The van der Waals surface area contributed by atoms with Crippen molar-refractivity contribution in [3.05, 3.63) is 66.0 Å². The van der Waals surface area contributed by atoms with Gasteiger partial charge in [0.25, 0.3) is 5.91 Å². The molecule has 0 aliphatic heterocycles. The fourth-order valence-corrected chi connectivity index (χ4v) is 2.28. The standard InChI is InChI=1S/C19H20FNO4/c20-16-8-10-17(11-9-16)25-14-18(22)21(12-4-7-19(23)24)13-15-5-2-1-3-6-15/h1-3,5-6,8-11H,4,7,12-14H2,(H,23,24). The van der Waals surface area contributed by atoms with Crippen molar-refractivity contribution in [2.75, 3.05) is 13.2 Å². The molecule has 0 unspecified atom stereocenters. The number of nitrogens with zero attached hydrogens (tertiary/aromatic N) is 1. The summed E-state index contributed by atoms with van der Waals surface area (Å²) in [5.41, 5.74) is 0.952. The number of rotatable bonds is 9. The number of amides is 1. The first-order valence-corrected chi connectivity index (χ1v) is 7.96. The van der Waals surface area contributed by atoms with E-state index in [9.17, 15) is 14.0 Å². The topological polar surface area (TPSA) is 66.8 Å². The van der Waals surface area contributed by atoms with Gasteiger partial charge < -0.3 is 14.7 Å². The fourth-order valence-electron chi connectivity index (χ4n) is 2.28. The molecule has 0 radical (unpaired) electrons. The number of hydrogen-bond donors (Lipinski definition) is 1. The Kier molecular flexibility index (Phi) is 6.95. The van der Waals surface area contributed by atoms with Crippen LogP contribution in [0, 0.1) is 5.82 Å². The maximum atomic E-state index is 12.9. The predicted molar refractivity (Wildman–Crippen MR) is 90.6 cm³/mol. The van der Waals surface area contributed by atoms with Gasteiger partial charge in [0, 0.05) is 19.5 Å². The minimum atomic E-state index is -0.894. The molecular formula is C19H20FNO4. The molecule has 0 aromatic heterocycles. The molecule has 0 aliphatic carbocycles. The average molecular weight is 345 g/mol. The Morgan fingerprint density at radius 2 is 1.72 bits per heavy atom. The molecular weight excluding hydrogens is 325 g/mol. The van der Waals surface area contributed by atoms with E-state index in [0.29, 0.717) is 25.3 Å². The molecule has 0 bridgehead atoms. The Hall–Kier alpha value is -2.89. The molecule has 2 aromatic rings. The van der Waals surface area contributed by atoms with Crippen molar-refractivity contribution >= 4 is 11.9 Å². The van der Waals surface area contributed by atoms with Crippen molar-refractivity contribution in [3.63, 3.8) is 0 Å². The lowest BCUT2D eigenvalue weighted by Crippen LogP contribution is -2.35. The number of benzene rings is 2. The first kappa shape index (κ1) is 18.4. The lowest BCUT2D eigenvalue weighted by molar-refractivity contribution is -0.138. The minimum absolute atomic E-state index is 0.00259. The summed E-state index contributed by atoms with van der Waals surface area (Å²) >= 11 is 0. The molecule has 0 aliphatic rings. The number of carbonyl (C=O) groups excluding carboxylic acids is 1. The molecule has 0 saturated carbocycles. The van der Waals surface area contributed by atoms with Gasteiger partial charge in [0.05, 0.1) is 0 Å². The second-order valence-electron chi connectivity index (χ2n) is 5.54. The molecule has 0 atom stereocenters. The van der Waals surface area contributed by atoms with Gasteiger partial charge in [0.1, 0.15) is 11.6 Å². The fraction of sp³-hybridized carbons (Fsp3) is 0.263. The summed E-state index contributed by atoms with van der Waals surface area (Å²) in [6, 6.07) is 14.9. The second kappa shape index (κ2) is 9.42. The molecule has 6 heteroatoms. The second-order valence-corrected chi connectivity index (χ2v) is 5.54. The van der Waals surface area contributed by atoms with Crippen LogP contribution in [0.15, 0.2) is 54.6 Å². The smallest absolute Gasteiger partial charge is 0.303 e. The molecule has 0 fully saturated rings. The first-order valence-electron chi connectivity index (χ1n) is 7.96. The summed E-state index contributed by atoms with van der Waals surface area (Å²) in [5, 5.41) is 8.77. The van der Waals surface area contributed by atoms with Crippen LogP contribution in [0.4, 0.5) is 4.39 Å². The molecule has 0 saturated heterocycles. The Labute approximate surface area is 145 Å². The van der Waals surface area contributed by atoms with Gasteiger partial charge in [0.15, 0.2) is 6.61 Å². The summed E-state index contributed by atoms with van der Waals surface area (Å²) in [5.74, 6) is -1.12. The van der Waals surface area contributed by atoms with Gasteiger partial charge in [-0.2, -0.15) is 0 Å². The van der Waals surface area contributed by atoms with Crippen LogP contribution in [-0.4, -0.2) is 35.0 Å². The molecule has 132 valence electrons. The lowest BCUT2D eigenvalue weighted by atomic mass is 10.2. The average Bonchev–Trinajstić information content (AvgIpc) is 2.61. The van der Waals surface area contributed by atoms with Crippen molar-refractivity contribution in [3.8, 4) is 5.75 Å². The van der Waals surface area contributed by atoms with Crippen LogP contribution in [0.1, 0.15) is 18.4 Å². The van der Waals surface area contributed by atoms with E-state index in [1.807, 2.05) is 30.3 Å². The van der Waals surface area contributed by atoms with E-state index in [-0.39, 0.29) is 24.8 Å². The van der Waals surface area contributed by atoms with Crippen molar-refractivity contribution < 1.29 is 23.8 Å². The summed E-state index contributed by atoms with van der Waals surface area (Å²) in [6.45, 7) is 0.518. The zero-order valence-corrected chi connectivity index (χ0v) is 13.7. The predicted octanol–water partition coefficient (Wildman–Crippen LogP) is 3.10. The molecule has 2 aromatic carbocycles. The Morgan fingerprint density at radius 1 is 1.04 bits per heavy atom.